The first-order valence-corrected chi connectivity index (χ1v) is 12.6. The van der Waals surface area contributed by atoms with E-state index in [0.717, 1.165) is 23.8 Å². The molecule has 1 saturated heterocycles. The maximum Gasteiger partial charge on any atom is 0.251 e. The van der Waals surface area contributed by atoms with E-state index in [1.54, 1.807) is 39.4 Å². The third kappa shape index (κ3) is 6.11. The first-order valence-electron chi connectivity index (χ1n) is 12.6. The number of halogens is 3. The van der Waals surface area contributed by atoms with Crippen LogP contribution in [-0.2, 0) is 15.1 Å². The van der Waals surface area contributed by atoms with Crippen LogP contribution in [0.2, 0.25) is 0 Å². The van der Waals surface area contributed by atoms with Crippen LogP contribution >= 0.6 is 0 Å². The van der Waals surface area contributed by atoms with Crippen molar-refractivity contribution in [2.75, 3.05) is 47.4 Å². The molecule has 1 aliphatic heterocycles. The van der Waals surface area contributed by atoms with Crippen molar-refractivity contribution in [3.8, 4) is 0 Å². The van der Waals surface area contributed by atoms with Gasteiger partial charge in [0.05, 0.1) is 12.7 Å². The first kappa shape index (κ1) is 27.9. The topological polar surface area (TPSA) is 56.2 Å². The van der Waals surface area contributed by atoms with E-state index in [2.05, 4.69) is 4.90 Å². The Labute approximate surface area is 221 Å². The monoisotopic (exact) mass is 529 g/mol. The van der Waals surface area contributed by atoms with Gasteiger partial charge in [-0.2, -0.15) is 0 Å². The number of methoxy groups -OCH3 is 1. The van der Waals surface area contributed by atoms with Gasteiger partial charge in [0.1, 0.15) is 23.2 Å². The standard InChI is InChI=1S/C29H34F3N3O3/c1-29(37,20-13-22(31)15-23(32)14-20)18-34-11-12-35(27(17-34)19-5-7-21(30)8-6-19)26-10-9-24(38-4)16-25(26)28(36)33(2)3/h5-9,13-16,26-27,37H,10-12,17-18H2,1-4H3/t26?,27-,29+/m0/s1. The lowest BCUT2D eigenvalue weighted by atomic mass is 9.90. The number of aliphatic hydroxyl groups is 1. The highest BCUT2D eigenvalue weighted by molar-refractivity contribution is 5.95. The number of rotatable bonds is 7. The minimum atomic E-state index is -1.51. The Kier molecular flexibility index (Phi) is 8.30. The van der Waals surface area contributed by atoms with Gasteiger partial charge in [-0.25, -0.2) is 13.2 Å². The molecule has 0 saturated carbocycles. The first-order chi connectivity index (χ1) is 18.0. The number of hydrogen-bond donors (Lipinski definition) is 1. The molecular weight excluding hydrogens is 495 g/mol. The van der Waals surface area contributed by atoms with Crippen molar-refractivity contribution < 1.29 is 27.8 Å². The van der Waals surface area contributed by atoms with Gasteiger partial charge in [-0.1, -0.05) is 12.1 Å². The predicted octanol–water partition coefficient (Wildman–Crippen LogP) is 3.99. The van der Waals surface area contributed by atoms with E-state index in [9.17, 15) is 23.1 Å². The summed E-state index contributed by atoms with van der Waals surface area (Å²) in [5.74, 6) is -1.34. The fourth-order valence-corrected chi connectivity index (χ4v) is 5.33. The van der Waals surface area contributed by atoms with Gasteiger partial charge in [0, 0.05) is 64.0 Å². The molecule has 9 heteroatoms. The Balaban J connectivity index is 1.64. The SMILES string of the molecule is COC1=CCC(N2CCN(C[C@@](C)(O)c3cc(F)cc(F)c3)C[C@H]2c2ccc(F)cc2)C(C(=O)N(C)C)=C1. The highest BCUT2D eigenvalue weighted by atomic mass is 19.1. The molecule has 0 radical (unpaired) electrons. The second-order valence-electron chi connectivity index (χ2n) is 10.3. The Morgan fingerprint density at radius 3 is 2.32 bits per heavy atom. The van der Waals surface area contributed by atoms with Crippen molar-refractivity contribution in [2.45, 2.75) is 31.0 Å². The summed E-state index contributed by atoms with van der Waals surface area (Å²) in [6.07, 6.45) is 4.29. The molecule has 1 N–H and O–H groups in total. The molecule has 1 unspecified atom stereocenters. The van der Waals surface area contributed by atoms with Gasteiger partial charge in [-0.15, -0.1) is 0 Å². The van der Waals surface area contributed by atoms with Crippen molar-refractivity contribution in [2.24, 2.45) is 0 Å². The van der Waals surface area contributed by atoms with E-state index < -0.39 is 17.2 Å². The Morgan fingerprint density at radius 2 is 1.71 bits per heavy atom. The zero-order valence-corrected chi connectivity index (χ0v) is 22.1. The normalized spacial score (nSPS) is 22.3. The minimum absolute atomic E-state index is 0.117. The highest BCUT2D eigenvalue weighted by Gasteiger charge is 2.39. The number of likely N-dealkylation sites (N-methyl/N-ethyl adjacent to an activating group) is 1. The number of ether oxygens (including phenoxy) is 1. The number of piperazine rings is 1. The summed E-state index contributed by atoms with van der Waals surface area (Å²) in [4.78, 5) is 19.0. The van der Waals surface area contributed by atoms with Crippen molar-refractivity contribution in [3.05, 3.63) is 94.5 Å². The van der Waals surface area contributed by atoms with Crippen molar-refractivity contribution in [1.82, 2.24) is 14.7 Å². The number of benzene rings is 2. The van der Waals surface area contributed by atoms with Crippen LogP contribution < -0.4 is 0 Å². The molecule has 6 nitrogen and oxygen atoms in total. The van der Waals surface area contributed by atoms with Gasteiger partial charge < -0.3 is 14.7 Å². The summed E-state index contributed by atoms with van der Waals surface area (Å²) in [6.45, 7) is 3.23. The maximum atomic E-state index is 13.9. The summed E-state index contributed by atoms with van der Waals surface area (Å²) in [5, 5.41) is 11.2. The van der Waals surface area contributed by atoms with Gasteiger partial charge in [0.25, 0.3) is 5.91 Å². The van der Waals surface area contributed by atoms with Gasteiger partial charge >= 0.3 is 0 Å². The van der Waals surface area contributed by atoms with Crippen LogP contribution in [0.3, 0.4) is 0 Å². The number of carbonyl (C=O) groups is 1. The summed E-state index contributed by atoms with van der Waals surface area (Å²) < 4.78 is 46.9. The summed E-state index contributed by atoms with van der Waals surface area (Å²) in [7, 11) is 4.98. The van der Waals surface area contributed by atoms with Gasteiger partial charge in [-0.3, -0.25) is 14.6 Å². The highest BCUT2D eigenvalue weighted by Crippen LogP contribution is 2.35. The fraction of sp³-hybridized carbons (Fsp3) is 0.414. The molecule has 3 atom stereocenters. The van der Waals surface area contributed by atoms with E-state index in [4.69, 9.17) is 4.74 Å². The molecule has 1 fully saturated rings. The van der Waals surface area contributed by atoms with Crippen LogP contribution in [0.25, 0.3) is 0 Å². The van der Waals surface area contributed by atoms with Gasteiger partial charge in [0.15, 0.2) is 0 Å². The predicted molar refractivity (Wildman–Crippen MR) is 138 cm³/mol. The van der Waals surface area contributed by atoms with Crippen molar-refractivity contribution in [3.63, 3.8) is 0 Å². The quantitative estimate of drug-likeness (QED) is 0.588. The number of hydrogen-bond acceptors (Lipinski definition) is 5. The Morgan fingerprint density at radius 1 is 1.05 bits per heavy atom. The lowest BCUT2D eigenvalue weighted by Gasteiger charge is -2.47. The molecule has 38 heavy (non-hydrogen) atoms. The van der Waals surface area contributed by atoms with Crippen LogP contribution in [-0.4, -0.2) is 79.1 Å². The summed E-state index contributed by atoms with van der Waals surface area (Å²) in [6, 6.07) is 8.86. The Hall–Kier alpha value is -3.14. The fourth-order valence-electron chi connectivity index (χ4n) is 5.33. The number of amides is 1. The Bertz CT molecular complexity index is 1210. The minimum Gasteiger partial charge on any atom is -0.497 e. The lowest BCUT2D eigenvalue weighted by Crippen LogP contribution is -2.55. The molecular formula is C29H34F3N3O3. The molecule has 2 aliphatic rings. The molecule has 2 aromatic carbocycles. The maximum absolute atomic E-state index is 13.9. The van der Waals surface area contributed by atoms with Crippen molar-refractivity contribution in [1.29, 1.82) is 0 Å². The average molecular weight is 530 g/mol. The van der Waals surface area contributed by atoms with Crippen LogP contribution in [0.15, 0.2) is 65.9 Å². The molecule has 0 bridgehead atoms. The third-order valence-electron chi connectivity index (χ3n) is 7.26. The van der Waals surface area contributed by atoms with Crippen LogP contribution in [0.5, 0.6) is 0 Å². The second kappa shape index (κ2) is 11.3. The zero-order chi connectivity index (χ0) is 27.6. The van der Waals surface area contributed by atoms with Crippen LogP contribution in [0.4, 0.5) is 13.2 Å². The third-order valence-corrected chi connectivity index (χ3v) is 7.26. The van der Waals surface area contributed by atoms with E-state index in [-0.39, 0.29) is 35.9 Å². The van der Waals surface area contributed by atoms with E-state index in [1.165, 1.54) is 24.0 Å². The van der Waals surface area contributed by atoms with Crippen molar-refractivity contribution >= 4 is 5.91 Å². The molecule has 2 aromatic rings. The largest absolute Gasteiger partial charge is 0.497 e. The molecule has 1 amide bonds. The molecule has 1 heterocycles. The second-order valence-corrected chi connectivity index (χ2v) is 10.3. The van der Waals surface area contributed by atoms with Crippen LogP contribution in [0.1, 0.15) is 30.5 Å². The van der Waals surface area contributed by atoms with Gasteiger partial charge in [-0.05, 0) is 60.9 Å². The van der Waals surface area contributed by atoms with E-state index in [1.807, 2.05) is 11.0 Å². The molecule has 204 valence electrons. The van der Waals surface area contributed by atoms with Crippen LogP contribution in [0, 0.1) is 17.5 Å². The molecule has 0 aromatic heterocycles. The number of allylic oxidation sites excluding steroid dienone is 1. The summed E-state index contributed by atoms with van der Waals surface area (Å²) >= 11 is 0. The lowest BCUT2D eigenvalue weighted by molar-refractivity contribution is -0.125. The molecule has 0 spiro atoms. The zero-order valence-electron chi connectivity index (χ0n) is 22.1. The number of nitrogens with zero attached hydrogens (tertiary/aromatic N) is 3. The van der Waals surface area contributed by atoms with E-state index >= 15 is 0 Å². The number of carbonyl (C=O) groups excluding carboxylic acids is 1. The summed E-state index contributed by atoms with van der Waals surface area (Å²) in [5.41, 5.74) is 0.121. The van der Waals surface area contributed by atoms with Gasteiger partial charge in [0.2, 0.25) is 0 Å². The average Bonchev–Trinajstić information content (AvgIpc) is 2.87. The van der Waals surface area contributed by atoms with E-state index in [0.29, 0.717) is 37.4 Å². The molecule has 4 rings (SSSR count). The smallest absolute Gasteiger partial charge is 0.251 e. The number of β-amino-alcohol motifs (C(OH)–C–C–N with tert-alkyl or cyclic N) is 1. The molecule has 1 aliphatic carbocycles.